The lowest BCUT2D eigenvalue weighted by atomic mass is 10.2. The zero-order chi connectivity index (χ0) is 19.5. The first-order valence-corrected chi connectivity index (χ1v) is 8.92. The van der Waals surface area contributed by atoms with Crippen molar-refractivity contribution in [2.75, 3.05) is 18.6 Å². The van der Waals surface area contributed by atoms with Crippen molar-refractivity contribution < 1.29 is 22.8 Å². The van der Waals surface area contributed by atoms with Gasteiger partial charge < -0.3 is 15.2 Å². The molecule has 2 aromatic rings. The molecule has 0 saturated heterocycles. The number of nitro groups is 1. The second-order valence-electron chi connectivity index (χ2n) is 4.91. The molecule has 0 spiro atoms. The zero-order valence-corrected chi connectivity index (χ0v) is 14.5. The van der Waals surface area contributed by atoms with Gasteiger partial charge in [-0.3, -0.25) is 10.1 Å². The van der Waals surface area contributed by atoms with Crippen LogP contribution in [0.3, 0.4) is 0 Å². The van der Waals surface area contributed by atoms with Gasteiger partial charge in [-0.1, -0.05) is 0 Å². The summed E-state index contributed by atoms with van der Waals surface area (Å²) in [5, 5.41) is 19.6. The van der Waals surface area contributed by atoms with Gasteiger partial charge in [0.05, 0.1) is 23.2 Å². The van der Waals surface area contributed by atoms with Crippen molar-refractivity contribution in [1.82, 2.24) is 9.97 Å². The van der Waals surface area contributed by atoms with Gasteiger partial charge in [0, 0.05) is 12.3 Å². The number of anilines is 1. The predicted octanol–water partition coefficient (Wildman–Crippen LogP) is 1.43. The van der Waals surface area contributed by atoms with E-state index in [0.29, 0.717) is 6.61 Å². The number of nitriles is 1. The lowest BCUT2D eigenvalue weighted by Crippen LogP contribution is -2.10. The van der Waals surface area contributed by atoms with Crippen LogP contribution in [0.2, 0.25) is 0 Å². The molecule has 0 saturated carbocycles. The summed E-state index contributed by atoms with van der Waals surface area (Å²) in [6.07, 6.45) is 0.820. The minimum Gasteiger partial charge on any atom is -0.494 e. The molecule has 2 N–H and O–H groups in total. The van der Waals surface area contributed by atoms with Gasteiger partial charge in [0.2, 0.25) is 15.7 Å². The molecule has 26 heavy (non-hydrogen) atoms. The molecule has 11 nitrogen and oxygen atoms in total. The maximum Gasteiger partial charge on any atom is 0.373 e. The summed E-state index contributed by atoms with van der Waals surface area (Å²) in [5.74, 6) is -1.06. The Labute approximate surface area is 148 Å². The van der Waals surface area contributed by atoms with Crippen LogP contribution in [-0.2, 0) is 9.84 Å². The highest BCUT2D eigenvalue weighted by atomic mass is 32.2. The third-order valence-corrected chi connectivity index (χ3v) is 3.75. The van der Waals surface area contributed by atoms with Crippen LogP contribution in [0, 0.1) is 21.4 Å². The third-order valence-electron chi connectivity index (χ3n) is 2.91. The summed E-state index contributed by atoms with van der Waals surface area (Å²) < 4.78 is 33.9. The van der Waals surface area contributed by atoms with Gasteiger partial charge in [0.15, 0.2) is 0 Å². The van der Waals surface area contributed by atoms with E-state index in [4.69, 9.17) is 20.5 Å². The second kappa shape index (κ2) is 7.19. The van der Waals surface area contributed by atoms with Gasteiger partial charge in [0.1, 0.15) is 11.5 Å². The molecule has 1 heterocycles. The highest BCUT2D eigenvalue weighted by molar-refractivity contribution is 7.90. The van der Waals surface area contributed by atoms with E-state index in [1.54, 1.807) is 6.92 Å². The van der Waals surface area contributed by atoms with E-state index in [2.05, 4.69) is 9.97 Å². The first-order valence-electron chi connectivity index (χ1n) is 7.03. The summed E-state index contributed by atoms with van der Waals surface area (Å²) in [7, 11) is -3.89. The lowest BCUT2D eigenvalue weighted by molar-refractivity contribution is -0.385. The zero-order valence-electron chi connectivity index (χ0n) is 13.7. The lowest BCUT2D eigenvalue weighted by Gasteiger charge is -2.10. The molecule has 0 aliphatic rings. The Hall–Kier alpha value is -3.46. The SMILES string of the molecule is CCOc1cc(C#N)cc(Oc2nc(S(C)(=O)=O)nc(N)c2[N+](=O)[O-])c1. The van der Waals surface area contributed by atoms with Crippen molar-refractivity contribution in [3.05, 3.63) is 33.9 Å². The van der Waals surface area contributed by atoms with E-state index in [0.717, 1.165) is 6.26 Å². The number of hydrogen-bond donors (Lipinski definition) is 1. The van der Waals surface area contributed by atoms with E-state index >= 15 is 0 Å². The van der Waals surface area contributed by atoms with E-state index in [9.17, 15) is 18.5 Å². The largest absolute Gasteiger partial charge is 0.494 e. The molecule has 0 radical (unpaired) electrons. The highest BCUT2D eigenvalue weighted by Crippen LogP contribution is 2.35. The molecule has 12 heteroatoms. The molecule has 2 rings (SSSR count). The minimum absolute atomic E-state index is 0.0202. The quantitative estimate of drug-likeness (QED) is 0.439. The van der Waals surface area contributed by atoms with Crippen molar-refractivity contribution in [1.29, 1.82) is 5.26 Å². The molecule has 0 fully saturated rings. The van der Waals surface area contributed by atoms with Gasteiger partial charge in [-0.15, -0.1) is 0 Å². The summed E-state index contributed by atoms with van der Waals surface area (Å²) in [6, 6.07) is 5.98. The van der Waals surface area contributed by atoms with Gasteiger partial charge in [-0.05, 0) is 19.1 Å². The molecule has 136 valence electrons. The number of nitrogen functional groups attached to an aromatic ring is 1. The van der Waals surface area contributed by atoms with Crippen molar-refractivity contribution >= 4 is 21.3 Å². The van der Waals surface area contributed by atoms with Crippen molar-refractivity contribution in [2.45, 2.75) is 12.1 Å². The average molecular weight is 379 g/mol. The smallest absolute Gasteiger partial charge is 0.373 e. The number of nitrogens with two attached hydrogens (primary N) is 1. The highest BCUT2D eigenvalue weighted by Gasteiger charge is 2.28. The first kappa shape index (κ1) is 18.9. The number of rotatable bonds is 6. The number of benzene rings is 1. The van der Waals surface area contributed by atoms with Crippen LogP contribution in [0.4, 0.5) is 11.5 Å². The molecule has 0 unspecified atom stereocenters. The molecule has 1 aromatic carbocycles. The Kier molecular flexibility index (Phi) is 5.22. The van der Waals surface area contributed by atoms with Crippen LogP contribution in [-0.4, -0.2) is 36.2 Å². The van der Waals surface area contributed by atoms with Crippen LogP contribution in [0.25, 0.3) is 0 Å². The number of ether oxygens (including phenoxy) is 2. The topological polar surface area (TPSA) is 171 Å². The maximum atomic E-state index is 11.6. The fourth-order valence-corrected chi connectivity index (χ4v) is 2.41. The Bertz CT molecular complexity index is 1020. The van der Waals surface area contributed by atoms with Crippen molar-refractivity contribution in [2.24, 2.45) is 0 Å². The number of sulfone groups is 1. The van der Waals surface area contributed by atoms with Crippen LogP contribution < -0.4 is 15.2 Å². The van der Waals surface area contributed by atoms with Gasteiger partial charge in [-0.25, -0.2) is 8.42 Å². The van der Waals surface area contributed by atoms with E-state index in [1.807, 2.05) is 6.07 Å². The van der Waals surface area contributed by atoms with Crippen molar-refractivity contribution in [3.63, 3.8) is 0 Å². The second-order valence-corrected chi connectivity index (χ2v) is 6.82. The first-order chi connectivity index (χ1) is 12.2. The van der Waals surface area contributed by atoms with Crippen LogP contribution >= 0.6 is 0 Å². The molecule has 0 aliphatic heterocycles. The third kappa shape index (κ3) is 4.14. The summed E-state index contributed by atoms with van der Waals surface area (Å²) in [6.45, 7) is 2.04. The fourth-order valence-electron chi connectivity index (χ4n) is 1.90. The summed E-state index contributed by atoms with van der Waals surface area (Å²) in [5.41, 5.74) is 4.86. The van der Waals surface area contributed by atoms with Gasteiger partial charge in [0.25, 0.3) is 5.16 Å². The molecule has 0 bridgehead atoms. The molecule has 0 atom stereocenters. The maximum absolute atomic E-state index is 11.6. The number of nitrogens with zero attached hydrogens (tertiary/aromatic N) is 4. The molecular formula is C14H13N5O6S. The Balaban J connectivity index is 2.61. The van der Waals surface area contributed by atoms with Crippen LogP contribution in [0.5, 0.6) is 17.4 Å². The molecule has 0 aliphatic carbocycles. The normalized spacial score (nSPS) is 10.8. The number of hydrogen-bond acceptors (Lipinski definition) is 10. The van der Waals surface area contributed by atoms with Crippen molar-refractivity contribution in [3.8, 4) is 23.4 Å². The van der Waals surface area contributed by atoms with Crippen LogP contribution in [0.1, 0.15) is 12.5 Å². The van der Waals surface area contributed by atoms with E-state index in [1.165, 1.54) is 18.2 Å². The van der Waals surface area contributed by atoms with E-state index < -0.39 is 37.3 Å². The predicted molar refractivity (Wildman–Crippen MR) is 88.6 cm³/mol. The monoisotopic (exact) mass is 379 g/mol. The average Bonchev–Trinajstić information content (AvgIpc) is 2.53. The summed E-state index contributed by atoms with van der Waals surface area (Å²) in [4.78, 5) is 17.3. The summed E-state index contributed by atoms with van der Waals surface area (Å²) >= 11 is 0. The van der Waals surface area contributed by atoms with Gasteiger partial charge >= 0.3 is 11.6 Å². The molecule has 1 aromatic heterocycles. The van der Waals surface area contributed by atoms with E-state index in [-0.39, 0.29) is 17.1 Å². The van der Waals surface area contributed by atoms with Crippen LogP contribution in [0.15, 0.2) is 23.4 Å². The molecule has 0 amide bonds. The fraction of sp³-hybridized carbons (Fsp3) is 0.214. The standard InChI is InChI=1S/C14H13N5O6S/c1-3-24-9-4-8(7-15)5-10(6-9)25-13-11(19(20)21)12(16)17-14(18-13)26(2,22)23/h4-6H,3H2,1-2H3,(H2,16,17,18). The Morgan fingerprint density at radius 2 is 1.96 bits per heavy atom. The Morgan fingerprint density at radius 1 is 1.31 bits per heavy atom. The molecular weight excluding hydrogens is 366 g/mol. The Morgan fingerprint density at radius 3 is 2.50 bits per heavy atom. The number of aromatic nitrogens is 2. The van der Waals surface area contributed by atoms with Gasteiger partial charge in [-0.2, -0.15) is 15.2 Å². The minimum atomic E-state index is -3.89.